The lowest BCUT2D eigenvalue weighted by molar-refractivity contribution is 1.04. The highest BCUT2D eigenvalue weighted by Gasteiger charge is 2.15. The molecule has 0 saturated heterocycles. The second-order valence-corrected chi connectivity index (χ2v) is 6.33. The molecule has 1 N–H and O–H groups in total. The van der Waals surface area contributed by atoms with E-state index in [9.17, 15) is 0 Å². The van der Waals surface area contributed by atoms with Crippen molar-refractivity contribution in [2.24, 2.45) is 0 Å². The van der Waals surface area contributed by atoms with E-state index in [0.29, 0.717) is 0 Å². The van der Waals surface area contributed by atoms with Crippen molar-refractivity contribution in [3.05, 3.63) is 91.0 Å². The van der Waals surface area contributed by atoms with Gasteiger partial charge in [0.25, 0.3) is 0 Å². The predicted octanol–water partition coefficient (Wildman–Crippen LogP) is 5.35. The molecule has 0 spiro atoms. The molecule has 128 valence electrons. The molecule has 0 aliphatic carbocycles. The van der Waals surface area contributed by atoms with Crippen LogP contribution in [0.3, 0.4) is 0 Å². The number of nitrogens with one attached hydrogen (secondary N) is 1. The molecule has 0 bridgehead atoms. The van der Waals surface area contributed by atoms with E-state index in [1.54, 1.807) is 0 Å². The van der Waals surface area contributed by atoms with Crippen LogP contribution in [0.5, 0.6) is 0 Å². The Morgan fingerprint density at radius 1 is 0.630 bits per heavy atom. The number of aromatic nitrogens is 4. The zero-order valence-electron chi connectivity index (χ0n) is 14.5. The standard InChI is InChI=1S/C23H16N4/c1-3-9-16(10-4-1)21-15-18(22(27-26-21)17-11-5-2-6-12-17)23-24-19-13-7-8-14-20(19)25-23/h1-15H,(H,24,25). The predicted molar refractivity (Wildman–Crippen MR) is 108 cm³/mol. The largest absolute Gasteiger partial charge is 0.338 e. The summed E-state index contributed by atoms with van der Waals surface area (Å²) < 4.78 is 0. The molecule has 5 rings (SSSR count). The summed E-state index contributed by atoms with van der Waals surface area (Å²) in [6.07, 6.45) is 0. The number of aromatic amines is 1. The summed E-state index contributed by atoms with van der Waals surface area (Å²) >= 11 is 0. The van der Waals surface area contributed by atoms with Gasteiger partial charge < -0.3 is 4.98 Å². The molecule has 0 amide bonds. The van der Waals surface area contributed by atoms with Crippen LogP contribution >= 0.6 is 0 Å². The van der Waals surface area contributed by atoms with E-state index in [2.05, 4.69) is 21.2 Å². The molecule has 2 aromatic heterocycles. The second-order valence-electron chi connectivity index (χ2n) is 6.33. The van der Waals surface area contributed by atoms with Crippen LogP contribution in [0.4, 0.5) is 0 Å². The molecular weight excluding hydrogens is 332 g/mol. The lowest BCUT2D eigenvalue weighted by Crippen LogP contribution is -1.96. The quantitative estimate of drug-likeness (QED) is 0.478. The highest BCUT2D eigenvalue weighted by Crippen LogP contribution is 2.32. The zero-order chi connectivity index (χ0) is 18.1. The molecular formula is C23H16N4. The molecule has 0 radical (unpaired) electrons. The van der Waals surface area contributed by atoms with Crippen molar-refractivity contribution < 1.29 is 0 Å². The number of imidazole rings is 1. The average Bonchev–Trinajstić information content (AvgIpc) is 3.19. The van der Waals surface area contributed by atoms with Crippen LogP contribution < -0.4 is 0 Å². The summed E-state index contributed by atoms with van der Waals surface area (Å²) in [5.74, 6) is 0.794. The van der Waals surface area contributed by atoms with Crippen LogP contribution in [-0.4, -0.2) is 20.2 Å². The van der Waals surface area contributed by atoms with Crippen molar-refractivity contribution in [3.63, 3.8) is 0 Å². The van der Waals surface area contributed by atoms with Crippen molar-refractivity contribution in [3.8, 4) is 33.9 Å². The number of hydrogen-bond donors (Lipinski definition) is 1. The molecule has 27 heavy (non-hydrogen) atoms. The molecule has 2 heterocycles. The van der Waals surface area contributed by atoms with Crippen LogP contribution in [0.15, 0.2) is 91.0 Å². The Morgan fingerprint density at radius 3 is 2.04 bits per heavy atom. The summed E-state index contributed by atoms with van der Waals surface area (Å²) in [5.41, 5.74) is 6.56. The number of H-pyrrole nitrogens is 1. The Balaban J connectivity index is 1.74. The summed E-state index contributed by atoms with van der Waals surface area (Å²) in [5, 5.41) is 9.04. The number of hydrogen-bond acceptors (Lipinski definition) is 3. The van der Waals surface area contributed by atoms with Gasteiger partial charge in [0.1, 0.15) is 11.5 Å². The fraction of sp³-hybridized carbons (Fsp3) is 0. The third-order valence-corrected chi connectivity index (χ3v) is 4.56. The number of benzene rings is 3. The fourth-order valence-corrected chi connectivity index (χ4v) is 3.21. The molecule has 0 atom stereocenters. The summed E-state index contributed by atoms with van der Waals surface area (Å²) in [4.78, 5) is 8.20. The maximum absolute atomic E-state index is 4.78. The van der Waals surface area contributed by atoms with Crippen molar-refractivity contribution in [2.45, 2.75) is 0 Å². The number of fused-ring (bicyclic) bond motifs is 1. The van der Waals surface area contributed by atoms with Crippen molar-refractivity contribution in [1.29, 1.82) is 0 Å². The average molecular weight is 348 g/mol. The lowest BCUT2D eigenvalue weighted by atomic mass is 10.0. The van der Waals surface area contributed by atoms with Gasteiger partial charge in [-0.05, 0) is 18.2 Å². The Morgan fingerprint density at radius 2 is 1.30 bits per heavy atom. The second kappa shape index (κ2) is 6.50. The maximum atomic E-state index is 4.78. The van der Waals surface area contributed by atoms with Gasteiger partial charge in [-0.15, -0.1) is 10.2 Å². The number of rotatable bonds is 3. The SMILES string of the molecule is c1ccc(-c2cc(-c3nc4ccccc4[nH]3)c(-c3ccccc3)nn2)cc1. The van der Waals surface area contributed by atoms with Gasteiger partial charge in [-0.1, -0.05) is 72.8 Å². The van der Waals surface area contributed by atoms with Gasteiger partial charge in [0.05, 0.1) is 16.7 Å². The summed E-state index contributed by atoms with van der Waals surface area (Å²) in [6.45, 7) is 0. The number of para-hydroxylation sites is 2. The van der Waals surface area contributed by atoms with E-state index in [4.69, 9.17) is 4.98 Å². The normalized spacial score (nSPS) is 11.0. The first-order chi connectivity index (χ1) is 13.4. The minimum atomic E-state index is 0.794. The molecule has 0 saturated carbocycles. The van der Waals surface area contributed by atoms with Gasteiger partial charge in [0.2, 0.25) is 0 Å². The van der Waals surface area contributed by atoms with Crippen LogP contribution in [0, 0.1) is 0 Å². The van der Waals surface area contributed by atoms with Crippen LogP contribution in [-0.2, 0) is 0 Å². The highest BCUT2D eigenvalue weighted by molar-refractivity contribution is 5.85. The molecule has 0 aliphatic heterocycles. The van der Waals surface area contributed by atoms with Gasteiger partial charge in [-0.3, -0.25) is 0 Å². The maximum Gasteiger partial charge on any atom is 0.140 e. The Bertz CT molecular complexity index is 1180. The summed E-state index contributed by atoms with van der Waals surface area (Å²) in [7, 11) is 0. The molecule has 4 heteroatoms. The van der Waals surface area contributed by atoms with Crippen LogP contribution in [0.25, 0.3) is 44.9 Å². The van der Waals surface area contributed by atoms with E-state index in [0.717, 1.165) is 44.9 Å². The Kier molecular flexibility index (Phi) is 3.72. The van der Waals surface area contributed by atoms with Gasteiger partial charge >= 0.3 is 0 Å². The third kappa shape index (κ3) is 2.87. The van der Waals surface area contributed by atoms with E-state index >= 15 is 0 Å². The lowest BCUT2D eigenvalue weighted by Gasteiger charge is -2.08. The van der Waals surface area contributed by atoms with Gasteiger partial charge in [-0.25, -0.2) is 4.98 Å². The molecule has 0 aliphatic rings. The number of nitrogens with zero attached hydrogens (tertiary/aromatic N) is 3. The monoisotopic (exact) mass is 348 g/mol. The first-order valence-electron chi connectivity index (χ1n) is 8.82. The van der Waals surface area contributed by atoms with E-state index in [1.165, 1.54) is 0 Å². The fourth-order valence-electron chi connectivity index (χ4n) is 3.21. The molecule has 3 aromatic carbocycles. The molecule has 5 aromatic rings. The van der Waals surface area contributed by atoms with Crippen molar-refractivity contribution in [1.82, 2.24) is 20.2 Å². The molecule has 0 unspecified atom stereocenters. The van der Waals surface area contributed by atoms with Gasteiger partial charge in [0.15, 0.2) is 0 Å². The first kappa shape index (κ1) is 15.5. The minimum absolute atomic E-state index is 0.794. The third-order valence-electron chi connectivity index (χ3n) is 4.56. The minimum Gasteiger partial charge on any atom is -0.338 e. The molecule has 4 nitrogen and oxygen atoms in total. The first-order valence-corrected chi connectivity index (χ1v) is 8.82. The van der Waals surface area contributed by atoms with Gasteiger partial charge in [0, 0.05) is 16.7 Å². The van der Waals surface area contributed by atoms with Crippen molar-refractivity contribution in [2.75, 3.05) is 0 Å². The van der Waals surface area contributed by atoms with E-state index in [-0.39, 0.29) is 0 Å². The van der Waals surface area contributed by atoms with Crippen molar-refractivity contribution >= 4 is 11.0 Å². The van der Waals surface area contributed by atoms with E-state index < -0.39 is 0 Å². The topological polar surface area (TPSA) is 54.5 Å². The van der Waals surface area contributed by atoms with Crippen LogP contribution in [0.1, 0.15) is 0 Å². The van der Waals surface area contributed by atoms with E-state index in [1.807, 2.05) is 84.9 Å². The van der Waals surface area contributed by atoms with Crippen LogP contribution in [0.2, 0.25) is 0 Å². The Labute approximate surface area is 156 Å². The van der Waals surface area contributed by atoms with Gasteiger partial charge in [-0.2, -0.15) is 0 Å². The molecule has 0 fully saturated rings. The Hall–Kier alpha value is -3.79. The smallest absolute Gasteiger partial charge is 0.140 e. The summed E-state index contributed by atoms with van der Waals surface area (Å²) in [6, 6.07) is 30.2. The zero-order valence-corrected chi connectivity index (χ0v) is 14.5. The highest BCUT2D eigenvalue weighted by atomic mass is 15.1.